The number of hydrogen-bond donors (Lipinski definition) is 1. The summed E-state index contributed by atoms with van der Waals surface area (Å²) in [6.45, 7) is 10.6. The van der Waals surface area contributed by atoms with Crippen LogP contribution in [-0.4, -0.2) is 18.2 Å². The van der Waals surface area contributed by atoms with Crippen molar-refractivity contribution >= 4 is 5.97 Å². The van der Waals surface area contributed by atoms with Crippen LogP contribution in [0.25, 0.3) is 11.1 Å². The Kier molecular flexibility index (Phi) is 10.6. The molecule has 3 aromatic carbocycles. The van der Waals surface area contributed by atoms with E-state index >= 15 is 0 Å². The summed E-state index contributed by atoms with van der Waals surface area (Å²) < 4.78 is 26.4. The molecule has 0 saturated carbocycles. The molecular weight excluding hydrogens is 491 g/mol. The first kappa shape index (κ1) is 30.2. The van der Waals surface area contributed by atoms with Gasteiger partial charge in [-0.05, 0) is 95.7 Å². The van der Waals surface area contributed by atoms with E-state index in [1.54, 1.807) is 33.1 Å². The lowest BCUT2D eigenvalue weighted by Crippen LogP contribution is -2.15. The van der Waals surface area contributed by atoms with Gasteiger partial charge in [0.1, 0.15) is 23.9 Å². The Bertz CT molecular complexity index is 1260. The molecule has 0 bridgehead atoms. The molecule has 0 spiro atoms. The second kappa shape index (κ2) is 13.6. The van der Waals surface area contributed by atoms with E-state index in [1.165, 1.54) is 30.0 Å². The first-order valence-electron chi connectivity index (χ1n) is 14.0. The minimum Gasteiger partial charge on any atom is -0.497 e. The minimum absolute atomic E-state index is 0.123. The Morgan fingerprint density at radius 2 is 1.67 bits per heavy atom. The van der Waals surface area contributed by atoms with E-state index in [-0.39, 0.29) is 17.2 Å². The number of benzene rings is 3. The molecule has 0 unspecified atom stereocenters. The van der Waals surface area contributed by atoms with Gasteiger partial charge in [0.2, 0.25) is 0 Å². The van der Waals surface area contributed by atoms with E-state index in [0.717, 1.165) is 48.1 Å². The van der Waals surface area contributed by atoms with Crippen molar-refractivity contribution in [3.05, 3.63) is 82.7 Å². The van der Waals surface area contributed by atoms with Crippen LogP contribution in [0.15, 0.2) is 54.6 Å². The first-order valence-corrected chi connectivity index (χ1v) is 14.0. The molecule has 0 amide bonds. The van der Waals surface area contributed by atoms with Crippen LogP contribution >= 0.6 is 0 Å². The number of aryl methyl sites for hydroxylation is 2. The second-order valence-corrected chi connectivity index (χ2v) is 11.5. The molecular formula is C34H43FO4. The number of halogens is 1. The zero-order chi connectivity index (χ0) is 28.6. The predicted octanol–water partition coefficient (Wildman–Crippen LogP) is 8.66. The summed E-state index contributed by atoms with van der Waals surface area (Å²) in [6, 6.07) is 17.7. The average Bonchev–Trinajstić information content (AvgIpc) is 3.36. The van der Waals surface area contributed by atoms with Crippen LogP contribution in [-0.2, 0) is 30.7 Å². The fourth-order valence-corrected chi connectivity index (χ4v) is 5.07. The fourth-order valence-electron chi connectivity index (χ4n) is 5.07. The van der Waals surface area contributed by atoms with E-state index in [9.17, 15) is 9.18 Å². The molecule has 0 heterocycles. The van der Waals surface area contributed by atoms with Crippen molar-refractivity contribution < 1.29 is 23.8 Å². The summed E-state index contributed by atoms with van der Waals surface area (Å²) in [5.74, 6) is 0.383. The third kappa shape index (κ3) is 8.58. The van der Waals surface area contributed by atoms with Crippen LogP contribution in [0.5, 0.6) is 11.5 Å². The van der Waals surface area contributed by atoms with Gasteiger partial charge in [-0.25, -0.2) is 4.39 Å². The highest BCUT2D eigenvalue weighted by Crippen LogP contribution is 2.36. The molecule has 3 aromatic rings. The van der Waals surface area contributed by atoms with Gasteiger partial charge in [-0.15, -0.1) is 0 Å². The number of methoxy groups -OCH3 is 1. The van der Waals surface area contributed by atoms with Crippen LogP contribution in [0.3, 0.4) is 0 Å². The Balaban J connectivity index is 0.000000631. The largest absolute Gasteiger partial charge is 0.497 e. The van der Waals surface area contributed by atoms with E-state index < -0.39 is 5.97 Å². The number of carboxylic acid groups (broad SMARTS) is 1. The number of rotatable bonds is 10. The van der Waals surface area contributed by atoms with Crippen molar-refractivity contribution in [3.63, 3.8) is 0 Å². The summed E-state index contributed by atoms with van der Waals surface area (Å²) >= 11 is 0. The molecule has 1 aliphatic rings. The smallest absolute Gasteiger partial charge is 0.305 e. The molecule has 0 saturated heterocycles. The Morgan fingerprint density at radius 1 is 0.974 bits per heavy atom. The van der Waals surface area contributed by atoms with Crippen LogP contribution in [0, 0.1) is 17.2 Å². The third-order valence-corrected chi connectivity index (χ3v) is 7.20. The third-order valence-electron chi connectivity index (χ3n) is 7.20. The average molecular weight is 535 g/mol. The summed E-state index contributed by atoms with van der Waals surface area (Å²) in [7, 11) is 1.61. The maximum atomic E-state index is 14.9. The van der Waals surface area contributed by atoms with Crippen molar-refractivity contribution in [2.45, 2.75) is 79.8 Å². The molecule has 210 valence electrons. The van der Waals surface area contributed by atoms with Crippen molar-refractivity contribution in [2.75, 3.05) is 7.11 Å². The Labute approximate surface area is 233 Å². The Hall–Kier alpha value is -3.34. The van der Waals surface area contributed by atoms with Gasteiger partial charge in [0.15, 0.2) is 0 Å². The van der Waals surface area contributed by atoms with Crippen LogP contribution in [0.2, 0.25) is 0 Å². The molecule has 4 rings (SSSR count). The highest BCUT2D eigenvalue weighted by atomic mass is 19.1. The molecule has 4 nitrogen and oxygen atoms in total. The highest BCUT2D eigenvalue weighted by Gasteiger charge is 2.21. The molecule has 0 radical (unpaired) electrons. The summed E-state index contributed by atoms with van der Waals surface area (Å²) in [5, 5.41) is 7.99. The molecule has 39 heavy (non-hydrogen) atoms. The Morgan fingerprint density at radius 3 is 2.33 bits per heavy atom. The number of ether oxygens (including phenoxy) is 2. The van der Waals surface area contributed by atoms with Crippen molar-refractivity contribution in [2.24, 2.45) is 11.3 Å². The zero-order valence-corrected chi connectivity index (χ0v) is 24.3. The lowest BCUT2D eigenvalue weighted by atomic mass is 9.79. The van der Waals surface area contributed by atoms with Gasteiger partial charge in [0, 0.05) is 5.56 Å². The molecule has 1 N–H and O–H groups in total. The SMILES string of the molecule is CC(C)C(=O)O.CCCC(C)(C)Cc1cc(COc2ccc3c(c2)CCC3)ccc1-c1cc(OC)ccc1F. The molecule has 0 fully saturated rings. The predicted molar refractivity (Wildman–Crippen MR) is 156 cm³/mol. The van der Waals surface area contributed by atoms with E-state index in [0.29, 0.717) is 17.9 Å². The fraction of sp³-hybridized carbons (Fsp3) is 0.441. The van der Waals surface area contributed by atoms with Gasteiger partial charge in [0.05, 0.1) is 13.0 Å². The molecule has 5 heteroatoms. The van der Waals surface area contributed by atoms with Crippen molar-refractivity contribution in [3.8, 4) is 22.6 Å². The van der Waals surface area contributed by atoms with E-state index in [2.05, 4.69) is 51.1 Å². The first-order chi connectivity index (χ1) is 18.5. The normalized spacial score (nSPS) is 12.5. The van der Waals surface area contributed by atoms with Crippen molar-refractivity contribution in [1.82, 2.24) is 0 Å². The molecule has 0 aliphatic heterocycles. The summed E-state index contributed by atoms with van der Waals surface area (Å²) in [6.07, 6.45) is 6.66. The number of carboxylic acids is 1. The van der Waals surface area contributed by atoms with Gasteiger partial charge >= 0.3 is 5.97 Å². The molecule has 1 aliphatic carbocycles. The standard InChI is InChI=1S/C30H35FO2.C4H8O2/c1-5-15-30(2,3)19-24-16-21(20-33-26-11-10-22-7-6-8-23(22)17-26)9-13-27(24)28-18-25(32-4)12-14-29(28)31;1-3(2)4(5)6/h9-14,16-18H,5-8,15,19-20H2,1-4H3;3H,1-2H3,(H,5,6). The summed E-state index contributed by atoms with van der Waals surface area (Å²) in [4.78, 5) is 9.70. The van der Waals surface area contributed by atoms with E-state index in [4.69, 9.17) is 14.6 Å². The van der Waals surface area contributed by atoms with Crippen LogP contribution in [0.4, 0.5) is 4.39 Å². The lowest BCUT2D eigenvalue weighted by Gasteiger charge is -2.26. The second-order valence-electron chi connectivity index (χ2n) is 11.5. The number of carbonyl (C=O) groups is 1. The maximum Gasteiger partial charge on any atom is 0.305 e. The monoisotopic (exact) mass is 534 g/mol. The molecule has 0 atom stereocenters. The number of hydrogen-bond acceptors (Lipinski definition) is 3. The van der Waals surface area contributed by atoms with Crippen molar-refractivity contribution in [1.29, 1.82) is 0 Å². The molecule has 0 aromatic heterocycles. The highest BCUT2D eigenvalue weighted by molar-refractivity contribution is 5.70. The quantitative estimate of drug-likeness (QED) is 0.283. The van der Waals surface area contributed by atoms with Gasteiger partial charge in [-0.1, -0.05) is 65.3 Å². The topological polar surface area (TPSA) is 55.8 Å². The van der Waals surface area contributed by atoms with Gasteiger partial charge < -0.3 is 14.6 Å². The number of fused-ring (bicyclic) bond motifs is 1. The van der Waals surface area contributed by atoms with Crippen LogP contribution < -0.4 is 9.47 Å². The van der Waals surface area contributed by atoms with Gasteiger partial charge in [-0.3, -0.25) is 4.79 Å². The zero-order valence-electron chi connectivity index (χ0n) is 24.3. The minimum atomic E-state index is -0.741. The summed E-state index contributed by atoms with van der Waals surface area (Å²) in [5.41, 5.74) is 6.75. The lowest BCUT2D eigenvalue weighted by molar-refractivity contribution is -0.140. The van der Waals surface area contributed by atoms with Gasteiger partial charge in [-0.2, -0.15) is 0 Å². The van der Waals surface area contributed by atoms with Gasteiger partial charge in [0.25, 0.3) is 0 Å². The van der Waals surface area contributed by atoms with E-state index in [1.807, 2.05) is 6.07 Å². The van der Waals surface area contributed by atoms with Crippen LogP contribution in [0.1, 0.15) is 76.1 Å². The number of aliphatic carboxylic acids is 1. The maximum absolute atomic E-state index is 14.9.